The number of esters is 1. The first-order chi connectivity index (χ1) is 14.1. The average molecular weight is 420 g/mol. The molecule has 1 aliphatic rings. The lowest BCUT2D eigenvalue weighted by Gasteiger charge is -2.46. The van der Waals surface area contributed by atoms with Crippen molar-refractivity contribution in [3.8, 4) is 0 Å². The Hall–Kier alpha value is -2.61. The lowest BCUT2D eigenvalue weighted by atomic mass is 9.82. The molecule has 0 spiro atoms. The van der Waals surface area contributed by atoms with Gasteiger partial charge in [0.25, 0.3) is 0 Å². The summed E-state index contributed by atoms with van der Waals surface area (Å²) in [6, 6.07) is 9.29. The van der Waals surface area contributed by atoms with Crippen molar-refractivity contribution in [2.75, 3.05) is 32.8 Å². The first-order valence-electron chi connectivity index (χ1n) is 10.3. The van der Waals surface area contributed by atoms with Crippen LogP contribution in [0, 0.1) is 0 Å². The molecule has 1 aromatic rings. The predicted octanol–water partition coefficient (Wildman–Crippen LogP) is 2.26. The second-order valence-corrected chi connectivity index (χ2v) is 8.37. The monoisotopic (exact) mass is 419 g/mol. The summed E-state index contributed by atoms with van der Waals surface area (Å²) in [4.78, 5) is 40.9. The van der Waals surface area contributed by atoms with Gasteiger partial charge < -0.3 is 20.1 Å². The van der Waals surface area contributed by atoms with Crippen LogP contribution in [0.5, 0.6) is 0 Å². The highest BCUT2D eigenvalue weighted by Crippen LogP contribution is 2.36. The zero-order valence-corrected chi connectivity index (χ0v) is 18.3. The molecular weight excluding hydrogens is 386 g/mol. The van der Waals surface area contributed by atoms with Crippen LogP contribution in [0.4, 0.5) is 4.79 Å². The third-order valence-electron chi connectivity index (χ3n) is 5.07. The molecule has 166 valence electrons. The number of primary amides is 1. The lowest BCUT2D eigenvalue weighted by molar-refractivity contribution is -0.161. The van der Waals surface area contributed by atoms with Crippen molar-refractivity contribution in [2.45, 2.75) is 51.7 Å². The molecule has 1 aliphatic heterocycles. The van der Waals surface area contributed by atoms with E-state index in [9.17, 15) is 14.4 Å². The molecule has 8 heteroatoms. The number of nitrogens with zero attached hydrogens (tertiary/aromatic N) is 2. The van der Waals surface area contributed by atoms with E-state index < -0.39 is 23.0 Å². The van der Waals surface area contributed by atoms with E-state index in [1.165, 1.54) is 0 Å². The number of hydrogen-bond donors (Lipinski definition) is 1. The second kappa shape index (κ2) is 9.93. The Labute approximate surface area is 178 Å². The molecule has 8 nitrogen and oxygen atoms in total. The van der Waals surface area contributed by atoms with E-state index in [1.807, 2.05) is 56.0 Å². The normalized spacial score (nSPS) is 17.1. The van der Waals surface area contributed by atoms with Gasteiger partial charge in [0.15, 0.2) is 0 Å². The Morgan fingerprint density at radius 3 is 2.13 bits per heavy atom. The first-order valence-corrected chi connectivity index (χ1v) is 10.3. The van der Waals surface area contributed by atoms with Crippen LogP contribution < -0.4 is 5.73 Å². The number of hydrogen-bond acceptors (Lipinski definition) is 6. The molecule has 1 unspecified atom stereocenters. The van der Waals surface area contributed by atoms with Gasteiger partial charge in [-0.15, -0.1) is 0 Å². The summed E-state index contributed by atoms with van der Waals surface area (Å²) in [7, 11) is 0. The number of ether oxygens (including phenoxy) is 2. The Balaban J connectivity index is 2.32. The SMILES string of the molecule is CCOC(=O)C(CCC(N)=O)(c1ccccc1)N1CCN(C(=O)OC(C)(C)C)CC1. The van der Waals surface area contributed by atoms with Crippen LogP contribution in [0.3, 0.4) is 0 Å². The molecule has 1 aromatic carbocycles. The van der Waals surface area contributed by atoms with Gasteiger partial charge in [-0.05, 0) is 39.7 Å². The van der Waals surface area contributed by atoms with Crippen molar-refractivity contribution in [1.82, 2.24) is 9.80 Å². The van der Waals surface area contributed by atoms with Gasteiger partial charge in [0.05, 0.1) is 6.61 Å². The van der Waals surface area contributed by atoms with Crippen LogP contribution in [-0.4, -0.2) is 66.2 Å². The molecular formula is C22H33N3O5. The smallest absolute Gasteiger partial charge is 0.410 e. The molecule has 1 atom stereocenters. The number of piperazine rings is 1. The zero-order valence-electron chi connectivity index (χ0n) is 18.3. The molecule has 2 rings (SSSR count). The highest BCUT2D eigenvalue weighted by molar-refractivity contribution is 5.84. The number of nitrogens with two attached hydrogens (primary N) is 1. The molecule has 0 aliphatic carbocycles. The van der Waals surface area contributed by atoms with Crippen molar-refractivity contribution in [3.05, 3.63) is 35.9 Å². The summed E-state index contributed by atoms with van der Waals surface area (Å²) in [6.07, 6.45) is -0.127. The van der Waals surface area contributed by atoms with E-state index in [4.69, 9.17) is 15.2 Å². The first kappa shape index (κ1) is 23.7. The van der Waals surface area contributed by atoms with E-state index in [1.54, 1.807) is 11.8 Å². The Kier molecular flexibility index (Phi) is 7.83. The Morgan fingerprint density at radius 1 is 1.03 bits per heavy atom. The minimum Gasteiger partial charge on any atom is -0.464 e. The molecule has 0 radical (unpaired) electrons. The van der Waals surface area contributed by atoms with Crippen LogP contribution >= 0.6 is 0 Å². The fraction of sp³-hybridized carbons (Fsp3) is 0.591. The highest BCUT2D eigenvalue weighted by atomic mass is 16.6. The van der Waals surface area contributed by atoms with E-state index >= 15 is 0 Å². The van der Waals surface area contributed by atoms with Gasteiger partial charge in [-0.25, -0.2) is 9.59 Å². The molecule has 1 saturated heterocycles. The zero-order chi connectivity index (χ0) is 22.4. The second-order valence-electron chi connectivity index (χ2n) is 8.37. The van der Waals surface area contributed by atoms with Crippen molar-refractivity contribution in [2.24, 2.45) is 5.73 Å². The number of carbonyl (C=O) groups excluding carboxylic acids is 3. The minimum absolute atomic E-state index is 0.0417. The molecule has 1 fully saturated rings. The fourth-order valence-corrected chi connectivity index (χ4v) is 3.70. The Morgan fingerprint density at radius 2 is 1.63 bits per heavy atom. The van der Waals surface area contributed by atoms with Gasteiger partial charge in [0.2, 0.25) is 5.91 Å². The van der Waals surface area contributed by atoms with Crippen LogP contribution in [0.15, 0.2) is 30.3 Å². The third-order valence-corrected chi connectivity index (χ3v) is 5.07. The fourth-order valence-electron chi connectivity index (χ4n) is 3.70. The molecule has 0 saturated carbocycles. The molecule has 2 N–H and O–H groups in total. The predicted molar refractivity (Wildman–Crippen MR) is 113 cm³/mol. The average Bonchev–Trinajstić information content (AvgIpc) is 2.68. The maximum atomic E-state index is 13.3. The van der Waals surface area contributed by atoms with Crippen LogP contribution in [0.25, 0.3) is 0 Å². The highest BCUT2D eigenvalue weighted by Gasteiger charge is 2.48. The third kappa shape index (κ3) is 5.72. The number of amides is 2. The van der Waals surface area contributed by atoms with Gasteiger partial charge >= 0.3 is 12.1 Å². The van der Waals surface area contributed by atoms with Gasteiger partial charge in [-0.2, -0.15) is 0 Å². The standard InChI is InChI=1S/C22H33N3O5/c1-5-29-19(27)22(12-11-18(23)26,17-9-7-6-8-10-17)25-15-13-24(14-16-25)20(28)30-21(2,3)4/h6-10H,5,11-16H2,1-4H3,(H2,23,26). The van der Waals surface area contributed by atoms with Gasteiger partial charge in [-0.3, -0.25) is 9.69 Å². The molecule has 1 heterocycles. The molecule has 0 aromatic heterocycles. The van der Waals surface area contributed by atoms with E-state index in [2.05, 4.69) is 0 Å². The van der Waals surface area contributed by atoms with Crippen LogP contribution in [0.2, 0.25) is 0 Å². The van der Waals surface area contributed by atoms with Gasteiger partial charge in [0, 0.05) is 32.6 Å². The molecule has 2 amide bonds. The maximum absolute atomic E-state index is 13.3. The van der Waals surface area contributed by atoms with Gasteiger partial charge in [-0.1, -0.05) is 30.3 Å². The van der Waals surface area contributed by atoms with E-state index in [0.717, 1.165) is 5.56 Å². The summed E-state index contributed by atoms with van der Waals surface area (Å²) in [5, 5.41) is 0. The van der Waals surface area contributed by atoms with E-state index in [0.29, 0.717) is 26.2 Å². The minimum atomic E-state index is -1.15. The lowest BCUT2D eigenvalue weighted by Crippen LogP contribution is -2.60. The van der Waals surface area contributed by atoms with Crippen molar-refractivity contribution < 1.29 is 23.9 Å². The Bertz CT molecular complexity index is 739. The van der Waals surface area contributed by atoms with Crippen LogP contribution in [-0.2, 0) is 24.6 Å². The number of benzene rings is 1. The number of rotatable bonds is 7. The van der Waals surface area contributed by atoms with Crippen molar-refractivity contribution in [3.63, 3.8) is 0 Å². The van der Waals surface area contributed by atoms with Crippen molar-refractivity contribution in [1.29, 1.82) is 0 Å². The van der Waals surface area contributed by atoms with E-state index in [-0.39, 0.29) is 25.5 Å². The number of carbonyl (C=O) groups is 3. The largest absolute Gasteiger partial charge is 0.464 e. The quantitative estimate of drug-likeness (QED) is 0.680. The van der Waals surface area contributed by atoms with Gasteiger partial charge in [0.1, 0.15) is 11.1 Å². The summed E-state index contributed by atoms with van der Waals surface area (Å²) in [5.41, 5.74) is 4.45. The maximum Gasteiger partial charge on any atom is 0.410 e. The van der Waals surface area contributed by atoms with Crippen LogP contribution in [0.1, 0.15) is 46.1 Å². The summed E-state index contributed by atoms with van der Waals surface area (Å²) >= 11 is 0. The topological polar surface area (TPSA) is 102 Å². The summed E-state index contributed by atoms with van der Waals surface area (Å²) in [5.74, 6) is -0.893. The summed E-state index contributed by atoms with van der Waals surface area (Å²) in [6.45, 7) is 9.13. The van der Waals surface area contributed by atoms with Crippen molar-refractivity contribution >= 4 is 18.0 Å². The molecule has 0 bridgehead atoms. The molecule has 30 heavy (non-hydrogen) atoms. The summed E-state index contributed by atoms with van der Waals surface area (Å²) < 4.78 is 10.9.